The Morgan fingerprint density at radius 1 is 1.50 bits per heavy atom. The van der Waals surface area contributed by atoms with E-state index in [1.807, 2.05) is 25.1 Å². The fourth-order valence-corrected chi connectivity index (χ4v) is 2.70. The highest BCUT2D eigenvalue weighted by Gasteiger charge is 2.16. The summed E-state index contributed by atoms with van der Waals surface area (Å²) < 4.78 is 6.63. The van der Waals surface area contributed by atoms with Crippen LogP contribution in [-0.4, -0.2) is 25.2 Å². The molecule has 0 saturated carbocycles. The molecule has 18 heavy (non-hydrogen) atoms. The number of nitrogens with one attached hydrogen (secondary N) is 1. The number of amides is 1. The molecule has 1 N–H and O–H groups in total. The molecule has 98 valence electrons. The molecule has 1 fully saturated rings. The quantitative estimate of drug-likeness (QED) is 0.843. The van der Waals surface area contributed by atoms with Crippen molar-refractivity contribution in [1.82, 2.24) is 5.32 Å². The third kappa shape index (κ3) is 3.45. The van der Waals surface area contributed by atoms with Crippen molar-refractivity contribution in [2.75, 3.05) is 13.2 Å². The Kier molecular flexibility index (Phi) is 5.00. The number of hydrogen-bond donors (Lipinski definition) is 1. The topological polar surface area (TPSA) is 38.3 Å². The Bertz CT molecular complexity index is 428. The minimum Gasteiger partial charge on any atom is -0.376 e. The Morgan fingerprint density at radius 2 is 2.33 bits per heavy atom. The van der Waals surface area contributed by atoms with Gasteiger partial charge in [-0.25, -0.2) is 0 Å². The van der Waals surface area contributed by atoms with Crippen LogP contribution in [0.3, 0.4) is 0 Å². The predicted octanol–water partition coefficient (Wildman–Crippen LogP) is 2.90. The fraction of sp³-hybridized carbons (Fsp3) is 0.500. The number of benzene rings is 1. The number of carbonyl (C=O) groups is 1. The second-order valence-corrected chi connectivity index (χ2v) is 5.71. The van der Waals surface area contributed by atoms with Crippen molar-refractivity contribution in [2.24, 2.45) is 0 Å². The van der Waals surface area contributed by atoms with Gasteiger partial charge in [-0.05, 0) is 60.4 Å². The van der Waals surface area contributed by atoms with Crippen LogP contribution in [0.4, 0.5) is 0 Å². The minimum atomic E-state index is -0.00252. The van der Waals surface area contributed by atoms with E-state index in [0.717, 1.165) is 34.1 Å². The molecular formula is C14H18INO2. The van der Waals surface area contributed by atoms with Crippen LogP contribution in [0, 0.1) is 10.5 Å². The van der Waals surface area contributed by atoms with E-state index in [9.17, 15) is 4.79 Å². The van der Waals surface area contributed by atoms with Crippen molar-refractivity contribution < 1.29 is 9.53 Å². The lowest BCUT2D eigenvalue weighted by Crippen LogP contribution is -2.35. The van der Waals surface area contributed by atoms with Crippen LogP contribution in [0.2, 0.25) is 0 Å². The van der Waals surface area contributed by atoms with E-state index in [0.29, 0.717) is 6.54 Å². The first-order valence-corrected chi connectivity index (χ1v) is 7.41. The molecule has 0 bridgehead atoms. The summed E-state index contributed by atoms with van der Waals surface area (Å²) >= 11 is 2.22. The molecule has 3 nitrogen and oxygen atoms in total. The molecule has 1 amide bonds. The largest absolute Gasteiger partial charge is 0.376 e. The van der Waals surface area contributed by atoms with Crippen molar-refractivity contribution in [2.45, 2.75) is 32.3 Å². The molecule has 0 aromatic heterocycles. The van der Waals surface area contributed by atoms with Crippen molar-refractivity contribution in [3.8, 4) is 0 Å². The Labute approximate surface area is 121 Å². The monoisotopic (exact) mass is 359 g/mol. The Balaban J connectivity index is 1.93. The summed E-state index contributed by atoms with van der Waals surface area (Å²) in [5.74, 6) is -0.00252. The lowest BCUT2D eigenvalue weighted by Gasteiger charge is -2.22. The van der Waals surface area contributed by atoms with Gasteiger partial charge in [-0.1, -0.05) is 12.1 Å². The lowest BCUT2D eigenvalue weighted by molar-refractivity contribution is 0.0169. The maximum absolute atomic E-state index is 12.1. The molecule has 0 spiro atoms. The van der Waals surface area contributed by atoms with Crippen molar-refractivity contribution in [3.63, 3.8) is 0 Å². The first-order valence-electron chi connectivity index (χ1n) is 6.33. The van der Waals surface area contributed by atoms with Crippen LogP contribution in [0.25, 0.3) is 0 Å². The maximum Gasteiger partial charge on any atom is 0.252 e. The SMILES string of the molecule is Cc1cccc(C(=O)NCC2CCCCO2)c1I. The summed E-state index contributed by atoms with van der Waals surface area (Å²) in [4.78, 5) is 12.1. The van der Waals surface area contributed by atoms with Gasteiger partial charge in [0.1, 0.15) is 0 Å². The molecule has 1 aliphatic heterocycles. The van der Waals surface area contributed by atoms with Crippen LogP contribution in [0.5, 0.6) is 0 Å². The number of halogens is 1. The van der Waals surface area contributed by atoms with E-state index >= 15 is 0 Å². The van der Waals surface area contributed by atoms with E-state index in [2.05, 4.69) is 27.9 Å². The maximum atomic E-state index is 12.1. The highest BCUT2D eigenvalue weighted by Crippen LogP contribution is 2.17. The van der Waals surface area contributed by atoms with E-state index < -0.39 is 0 Å². The molecule has 4 heteroatoms. The molecule has 1 aliphatic rings. The fourth-order valence-electron chi connectivity index (χ4n) is 2.09. The van der Waals surface area contributed by atoms with Crippen LogP contribution in [-0.2, 0) is 4.74 Å². The molecule has 1 unspecified atom stereocenters. The van der Waals surface area contributed by atoms with Crippen molar-refractivity contribution in [1.29, 1.82) is 0 Å². The highest BCUT2D eigenvalue weighted by molar-refractivity contribution is 14.1. The minimum absolute atomic E-state index is 0.00252. The lowest BCUT2D eigenvalue weighted by atomic mass is 10.1. The molecule has 1 aromatic rings. The zero-order valence-electron chi connectivity index (χ0n) is 10.5. The number of aryl methyl sites for hydroxylation is 1. The Hall–Kier alpha value is -0.620. The van der Waals surface area contributed by atoms with Gasteiger partial charge in [0.2, 0.25) is 0 Å². The van der Waals surface area contributed by atoms with Gasteiger partial charge in [0.15, 0.2) is 0 Å². The van der Waals surface area contributed by atoms with Gasteiger partial charge in [0, 0.05) is 16.7 Å². The third-order valence-electron chi connectivity index (χ3n) is 3.20. The van der Waals surface area contributed by atoms with Crippen LogP contribution >= 0.6 is 22.6 Å². The van der Waals surface area contributed by atoms with Gasteiger partial charge in [-0.3, -0.25) is 4.79 Å². The Morgan fingerprint density at radius 3 is 3.06 bits per heavy atom. The molecule has 1 atom stereocenters. The zero-order valence-corrected chi connectivity index (χ0v) is 12.7. The molecule has 0 aliphatic carbocycles. The average Bonchev–Trinajstić information content (AvgIpc) is 2.40. The summed E-state index contributed by atoms with van der Waals surface area (Å²) in [7, 11) is 0. The van der Waals surface area contributed by atoms with Crippen LogP contribution < -0.4 is 5.32 Å². The van der Waals surface area contributed by atoms with Crippen molar-refractivity contribution >= 4 is 28.5 Å². The summed E-state index contributed by atoms with van der Waals surface area (Å²) in [6, 6.07) is 5.80. The second-order valence-electron chi connectivity index (χ2n) is 4.64. The second kappa shape index (κ2) is 6.52. The summed E-state index contributed by atoms with van der Waals surface area (Å²) in [5, 5.41) is 2.97. The van der Waals surface area contributed by atoms with Gasteiger partial charge in [-0.2, -0.15) is 0 Å². The average molecular weight is 359 g/mol. The molecule has 1 saturated heterocycles. The standard InChI is InChI=1S/C14H18INO2/c1-10-5-4-7-12(13(10)15)14(17)16-9-11-6-2-3-8-18-11/h4-5,7,11H,2-3,6,8-9H2,1H3,(H,16,17). The number of ether oxygens (including phenoxy) is 1. The van der Waals surface area contributed by atoms with E-state index in [1.54, 1.807) is 0 Å². The summed E-state index contributed by atoms with van der Waals surface area (Å²) in [5.41, 5.74) is 1.89. The zero-order chi connectivity index (χ0) is 13.0. The first-order chi connectivity index (χ1) is 8.68. The van der Waals surface area contributed by atoms with Gasteiger partial charge in [0.05, 0.1) is 11.7 Å². The molecular weight excluding hydrogens is 341 g/mol. The summed E-state index contributed by atoms with van der Waals surface area (Å²) in [6.45, 7) is 3.45. The number of carbonyl (C=O) groups excluding carboxylic acids is 1. The van der Waals surface area contributed by atoms with E-state index in [-0.39, 0.29) is 12.0 Å². The molecule has 1 heterocycles. The highest BCUT2D eigenvalue weighted by atomic mass is 127. The normalized spacial score (nSPS) is 19.6. The number of rotatable bonds is 3. The van der Waals surface area contributed by atoms with Crippen LogP contribution in [0.15, 0.2) is 18.2 Å². The molecule has 2 rings (SSSR count). The van der Waals surface area contributed by atoms with Gasteiger partial charge in [-0.15, -0.1) is 0 Å². The first kappa shape index (κ1) is 13.8. The smallest absolute Gasteiger partial charge is 0.252 e. The predicted molar refractivity (Wildman–Crippen MR) is 79.8 cm³/mol. The third-order valence-corrected chi connectivity index (χ3v) is 4.63. The van der Waals surface area contributed by atoms with E-state index in [4.69, 9.17) is 4.74 Å². The van der Waals surface area contributed by atoms with Crippen molar-refractivity contribution in [3.05, 3.63) is 32.9 Å². The summed E-state index contributed by atoms with van der Waals surface area (Å²) in [6.07, 6.45) is 3.57. The van der Waals surface area contributed by atoms with Gasteiger partial charge in [0.25, 0.3) is 5.91 Å². The van der Waals surface area contributed by atoms with Gasteiger partial charge < -0.3 is 10.1 Å². The number of hydrogen-bond acceptors (Lipinski definition) is 2. The molecule has 0 radical (unpaired) electrons. The van der Waals surface area contributed by atoms with Gasteiger partial charge >= 0.3 is 0 Å². The molecule has 1 aromatic carbocycles. The van der Waals surface area contributed by atoms with E-state index in [1.165, 1.54) is 6.42 Å². The van der Waals surface area contributed by atoms with Crippen LogP contribution in [0.1, 0.15) is 35.2 Å².